The molecule has 1 saturated carbocycles. The van der Waals surface area contributed by atoms with Crippen molar-refractivity contribution in [1.82, 2.24) is 15.0 Å². The van der Waals surface area contributed by atoms with Gasteiger partial charge in [0.05, 0.1) is 5.39 Å². The molecule has 2 aromatic rings. The largest absolute Gasteiger partial charge is 0.364 e. The molecule has 1 aliphatic rings. The van der Waals surface area contributed by atoms with Crippen molar-refractivity contribution in [2.24, 2.45) is 5.73 Å². The summed E-state index contributed by atoms with van der Waals surface area (Å²) < 4.78 is 0. The molecule has 2 aromatic heterocycles. The van der Waals surface area contributed by atoms with E-state index >= 15 is 0 Å². The van der Waals surface area contributed by atoms with Crippen molar-refractivity contribution in [2.45, 2.75) is 31.3 Å². The average Bonchev–Trinajstić information content (AvgIpc) is 2.64. The quantitative estimate of drug-likeness (QED) is 0.761. The van der Waals surface area contributed by atoms with Gasteiger partial charge in [-0.2, -0.15) is 0 Å². The normalized spacial score (nSPS) is 27.3. The lowest BCUT2D eigenvalue weighted by atomic mass is 9.74. The van der Waals surface area contributed by atoms with Gasteiger partial charge in [-0.05, 0) is 25.8 Å². The summed E-state index contributed by atoms with van der Waals surface area (Å²) in [5.41, 5.74) is 6.77. The highest BCUT2D eigenvalue weighted by molar-refractivity contribution is 5.87. The summed E-state index contributed by atoms with van der Waals surface area (Å²) in [5.74, 6) is 0.889. The lowest BCUT2D eigenvalue weighted by Gasteiger charge is -2.44. The number of nitrogens with two attached hydrogens (primary N) is 1. The number of hydrogen-bond donors (Lipinski definition) is 3. The van der Waals surface area contributed by atoms with Crippen LogP contribution in [0.5, 0.6) is 0 Å². The third kappa shape index (κ3) is 2.08. The fourth-order valence-corrected chi connectivity index (χ4v) is 2.46. The summed E-state index contributed by atoms with van der Waals surface area (Å²) >= 11 is 0. The fourth-order valence-electron chi connectivity index (χ4n) is 2.46. The predicted octanol–water partition coefficient (Wildman–Crippen LogP) is 1.67. The number of aromatic amines is 1. The van der Waals surface area contributed by atoms with E-state index < -0.39 is 0 Å². The molecule has 2 heterocycles. The molecule has 0 atom stereocenters. The molecule has 17 heavy (non-hydrogen) atoms. The van der Waals surface area contributed by atoms with Gasteiger partial charge < -0.3 is 16.0 Å². The highest BCUT2D eigenvalue weighted by atomic mass is 35.5. The fraction of sp³-hybridized carbons (Fsp3) is 0.455. The minimum Gasteiger partial charge on any atom is -0.364 e. The molecule has 1 fully saturated rings. The second kappa shape index (κ2) is 4.16. The SMILES string of the molecule is CC1(Nc2ncnc3[nH]ccc23)CC(N)C1.Cl. The average molecular weight is 254 g/mol. The third-order valence-corrected chi connectivity index (χ3v) is 3.20. The maximum atomic E-state index is 5.82. The molecule has 4 N–H and O–H groups in total. The smallest absolute Gasteiger partial charge is 0.142 e. The molecule has 92 valence electrons. The number of H-pyrrole nitrogens is 1. The zero-order valence-electron chi connectivity index (χ0n) is 9.60. The first-order valence-electron chi connectivity index (χ1n) is 5.48. The van der Waals surface area contributed by atoms with Crippen molar-refractivity contribution in [3.63, 3.8) is 0 Å². The minimum atomic E-state index is 0. The Labute approximate surface area is 106 Å². The van der Waals surface area contributed by atoms with Crippen LogP contribution in [0.1, 0.15) is 19.8 Å². The summed E-state index contributed by atoms with van der Waals surface area (Å²) in [7, 11) is 0. The first-order valence-corrected chi connectivity index (χ1v) is 5.48. The van der Waals surface area contributed by atoms with Gasteiger partial charge in [0.2, 0.25) is 0 Å². The number of halogens is 1. The number of anilines is 1. The van der Waals surface area contributed by atoms with Crippen LogP contribution in [0.15, 0.2) is 18.6 Å². The molecule has 0 unspecified atom stereocenters. The molecular formula is C11H16ClN5. The van der Waals surface area contributed by atoms with Crippen molar-refractivity contribution in [2.75, 3.05) is 5.32 Å². The second-order valence-electron chi connectivity index (χ2n) is 4.82. The minimum absolute atomic E-state index is 0. The van der Waals surface area contributed by atoms with Crippen LogP contribution in [0.3, 0.4) is 0 Å². The van der Waals surface area contributed by atoms with Crippen LogP contribution in [-0.2, 0) is 0 Å². The number of rotatable bonds is 2. The summed E-state index contributed by atoms with van der Waals surface area (Å²) in [6, 6.07) is 2.31. The third-order valence-electron chi connectivity index (χ3n) is 3.20. The van der Waals surface area contributed by atoms with Gasteiger partial charge in [0, 0.05) is 17.8 Å². The molecular weight excluding hydrogens is 238 g/mol. The zero-order chi connectivity index (χ0) is 11.2. The van der Waals surface area contributed by atoms with Gasteiger partial charge in [-0.1, -0.05) is 0 Å². The molecule has 0 amide bonds. The van der Waals surface area contributed by atoms with E-state index in [1.807, 2.05) is 12.3 Å². The molecule has 1 aliphatic carbocycles. The monoisotopic (exact) mass is 253 g/mol. The van der Waals surface area contributed by atoms with Crippen molar-refractivity contribution in [3.8, 4) is 0 Å². The van der Waals surface area contributed by atoms with Crippen LogP contribution < -0.4 is 11.1 Å². The van der Waals surface area contributed by atoms with Crippen LogP contribution in [-0.4, -0.2) is 26.5 Å². The standard InChI is InChI=1S/C11H15N5.ClH/c1-11(4-7(12)5-11)16-10-8-2-3-13-9(8)14-6-15-10;/h2-3,6-7H,4-5,12H2,1H3,(H2,13,14,15,16);1H. The zero-order valence-corrected chi connectivity index (χ0v) is 10.4. The molecule has 6 heteroatoms. The first-order chi connectivity index (χ1) is 7.66. The van der Waals surface area contributed by atoms with Crippen molar-refractivity contribution in [1.29, 1.82) is 0 Å². The van der Waals surface area contributed by atoms with Crippen LogP contribution in [0.25, 0.3) is 11.0 Å². The van der Waals surface area contributed by atoms with E-state index in [4.69, 9.17) is 5.73 Å². The van der Waals surface area contributed by atoms with E-state index in [1.54, 1.807) is 6.33 Å². The van der Waals surface area contributed by atoms with E-state index in [9.17, 15) is 0 Å². The number of hydrogen-bond acceptors (Lipinski definition) is 4. The maximum absolute atomic E-state index is 5.82. The van der Waals surface area contributed by atoms with E-state index in [0.29, 0.717) is 6.04 Å². The lowest BCUT2D eigenvalue weighted by molar-refractivity contribution is 0.258. The van der Waals surface area contributed by atoms with Gasteiger partial charge in [-0.3, -0.25) is 0 Å². The summed E-state index contributed by atoms with van der Waals surface area (Å²) in [6.45, 7) is 2.18. The topological polar surface area (TPSA) is 79.6 Å². The predicted molar refractivity (Wildman–Crippen MR) is 70.4 cm³/mol. The highest BCUT2D eigenvalue weighted by Crippen LogP contribution is 2.34. The number of fused-ring (bicyclic) bond motifs is 1. The van der Waals surface area contributed by atoms with Crippen LogP contribution in [0.2, 0.25) is 0 Å². The van der Waals surface area contributed by atoms with Crippen molar-refractivity contribution < 1.29 is 0 Å². The summed E-state index contributed by atoms with van der Waals surface area (Å²) in [6.07, 6.45) is 5.42. The Kier molecular flexibility index (Phi) is 2.97. The number of aromatic nitrogens is 3. The van der Waals surface area contributed by atoms with Gasteiger partial charge >= 0.3 is 0 Å². The van der Waals surface area contributed by atoms with Gasteiger partial charge in [0.1, 0.15) is 17.8 Å². The van der Waals surface area contributed by atoms with Gasteiger partial charge in [-0.15, -0.1) is 12.4 Å². The molecule has 0 aliphatic heterocycles. The van der Waals surface area contributed by atoms with E-state index in [0.717, 1.165) is 29.7 Å². The number of nitrogens with zero attached hydrogens (tertiary/aromatic N) is 2. The van der Waals surface area contributed by atoms with Gasteiger partial charge in [0.25, 0.3) is 0 Å². The maximum Gasteiger partial charge on any atom is 0.142 e. The molecule has 0 saturated heterocycles. The Morgan fingerprint density at radius 1 is 1.47 bits per heavy atom. The molecule has 0 bridgehead atoms. The van der Waals surface area contributed by atoms with E-state index in [2.05, 4.69) is 27.2 Å². The lowest BCUT2D eigenvalue weighted by Crippen LogP contribution is -2.54. The second-order valence-corrected chi connectivity index (χ2v) is 4.82. The molecule has 3 rings (SSSR count). The van der Waals surface area contributed by atoms with Crippen molar-refractivity contribution >= 4 is 29.3 Å². The van der Waals surface area contributed by atoms with E-state index in [1.165, 1.54) is 0 Å². The van der Waals surface area contributed by atoms with Gasteiger partial charge in [0.15, 0.2) is 0 Å². The Morgan fingerprint density at radius 3 is 2.94 bits per heavy atom. The molecule has 0 aromatic carbocycles. The van der Waals surface area contributed by atoms with Crippen LogP contribution >= 0.6 is 12.4 Å². The summed E-state index contributed by atoms with van der Waals surface area (Å²) in [5, 5.41) is 4.49. The van der Waals surface area contributed by atoms with Crippen molar-refractivity contribution in [3.05, 3.63) is 18.6 Å². The molecule has 0 spiro atoms. The Bertz CT molecular complexity index is 517. The van der Waals surface area contributed by atoms with E-state index in [-0.39, 0.29) is 17.9 Å². The Morgan fingerprint density at radius 2 is 2.24 bits per heavy atom. The van der Waals surface area contributed by atoms with Crippen LogP contribution in [0, 0.1) is 0 Å². The first kappa shape index (κ1) is 12.1. The Hall–Kier alpha value is -1.33. The highest BCUT2D eigenvalue weighted by Gasteiger charge is 2.38. The number of nitrogens with one attached hydrogen (secondary N) is 2. The van der Waals surface area contributed by atoms with Crippen LogP contribution in [0.4, 0.5) is 5.82 Å². The molecule has 0 radical (unpaired) electrons. The summed E-state index contributed by atoms with van der Waals surface area (Å²) in [4.78, 5) is 11.5. The van der Waals surface area contributed by atoms with Gasteiger partial charge in [-0.25, -0.2) is 9.97 Å². The Balaban J connectivity index is 0.00000108. The molecule has 5 nitrogen and oxygen atoms in total.